The number of carbonyl (C=O) groups is 2. The van der Waals surface area contributed by atoms with Gasteiger partial charge in [-0.2, -0.15) is 0 Å². The van der Waals surface area contributed by atoms with Crippen molar-refractivity contribution in [1.29, 1.82) is 0 Å². The van der Waals surface area contributed by atoms with Gasteiger partial charge in [0.1, 0.15) is 0 Å². The van der Waals surface area contributed by atoms with Crippen LogP contribution in [0.4, 0.5) is 0 Å². The van der Waals surface area contributed by atoms with Gasteiger partial charge in [-0.1, -0.05) is 39.0 Å². The van der Waals surface area contributed by atoms with E-state index >= 15 is 0 Å². The van der Waals surface area contributed by atoms with Gasteiger partial charge in [-0.3, -0.25) is 9.59 Å². The van der Waals surface area contributed by atoms with Gasteiger partial charge in [0, 0.05) is 16.6 Å². The summed E-state index contributed by atoms with van der Waals surface area (Å²) < 4.78 is 12.2. The quantitative estimate of drug-likeness (QED) is 0.209. The molecule has 25 heavy (non-hydrogen) atoms. The molecule has 0 saturated carbocycles. The standard InChI is InChI=1S/C20H33IO4/c1-4-5-6-8-11-16-18(22)14-17(21)20(16)24-13-10-7-9-12-19(23)25-15(2)3/h14-16,20H,4-13H2,1-3H3/t16-,20-/m0/s1. The van der Waals surface area contributed by atoms with Gasteiger partial charge in [-0.25, -0.2) is 0 Å². The molecule has 0 N–H and O–H groups in total. The van der Waals surface area contributed by atoms with Crippen LogP contribution in [0.2, 0.25) is 0 Å². The van der Waals surface area contributed by atoms with Crippen molar-refractivity contribution in [3.63, 3.8) is 0 Å². The van der Waals surface area contributed by atoms with Gasteiger partial charge in [0.15, 0.2) is 5.78 Å². The van der Waals surface area contributed by atoms with Crippen LogP contribution in [-0.4, -0.2) is 30.6 Å². The lowest BCUT2D eigenvalue weighted by molar-refractivity contribution is -0.147. The minimum Gasteiger partial charge on any atom is -0.463 e. The van der Waals surface area contributed by atoms with Crippen molar-refractivity contribution in [3.8, 4) is 0 Å². The zero-order valence-corrected chi connectivity index (χ0v) is 18.0. The Hall–Kier alpha value is -0.430. The fraction of sp³-hybridized carbons (Fsp3) is 0.800. The van der Waals surface area contributed by atoms with Crippen molar-refractivity contribution in [2.45, 2.75) is 90.8 Å². The van der Waals surface area contributed by atoms with Crippen LogP contribution in [0.5, 0.6) is 0 Å². The van der Waals surface area contributed by atoms with Gasteiger partial charge >= 0.3 is 5.97 Å². The van der Waals surface area contributed by atoms with Gasteiger partial charge < -0.3 is 9.47 Å². The van der Waals surface area contributed by atoms with Crippen LogP contribution in [0.25, 0.3) is 0 Å². The summed E-state index contributed by atoms with van der Waals surface area (Å²) in [6.07, 6.45) is 10.4. The Balaban J connectivity index is 2.21. The molecular weight excluding hydrogens is 431 g/mol. The van der Waals surface area contributed by atoms with Crippen LogP contribution in [0.15, 0.2) is 9.66 Å². The first-order chi connectivity index (χ1) is 12.0. The number of hydrogen-bond acceptors (Lipinski definition) is 4. The molecule has 1 aliphatic carbocycles. The Labute approximate surface area is 166 Å². The number of rotatable bonds is 13. The van der Waals surface area contributed by atoms with Crippen molar-refractivity contribution in [3.05, 3.63) is 9.66 Å². The Morgan fingerprint density at radius 1 is 1.16 bits per heavy atom. The maximum absolute atomic E-state index is 12.1. The Kier molecular flexibility index (Phi) is 11.6. The van der Waals surface area contributed by atoms with E-state index in [2.05, 4.69) is 29.5 Å². The molecule has 0 saturated heterocycles. The van der Waals surface area contributed by atoms with Gasteiger partial charge in [0.25, 0.3) is 0 Å². The summed E-state index contributed by atoms with van der Waals surface area (Å²) in [5.74, 6) is 0.106. The lowest BCUT2D eigenvalue weighted by Crippen LogP contribution is -2.25. The van der Waals surface area contributed by atoms with Crippen molar-refractivity contribution in [2.75, 3.05) is 6.61 Å². The number of hydrogen-bond donors (Lipinski definition) is 0. The highest BCUT2D eigenvalue weighted by Crippen LogP contribution is 2.33. The molecule has 0 fully saturated rings. The smallest absolute Gasteiger partial charge is 0.306 e. The second kappa shape index (κ2) is 12.8. The third kappa shape index (κ3) is 9.18. The maximum Gasteiger partial charge on any atom is 0.306 e. The fourth-order valence-electron chi connectivity index (χ4n) is 3.03. The minimum atomic E-state index is -0.123. The van der Waals surface area contributed by atoms with E-state index in [1.165, 1.54) is 19.3 Å². The van der Waals surface area contributed by atoms with Gasteiger partial charge in [0.2, 0.25) is 0 Å². The van der Waals surface area contributed by atoms with Crippen molar-refractivity contribution in [1.82, 2.24) is 0 Å². The molecule has 0 aromatic rings. The molecule has 144 valence electrons. The van der Waals surface area contributed by atoms with E-state index in [0.717, 1.165) is 35.7 Å². The molecule has 0 aromatic heterocycles. The first-order valence-electron chi connectivity index (χ1n) is 9.67. The zero-order valence-electron chi connectivity index (χ0n) is 15.9. The van der Waals surface area contributed by atoms with Gasteiger partial charge in [-0.15, -0.1) is 0 Å². The average Bonchev–Trinajstić information content (AvgIpc) is 2.80. The number of carbonyl (C=O) groups excluding carboxylic acids is 2. The number of halogens is 1. The largest absolute Gasteiger partial charge is 0.463 e. The summed E-state index contributed by atoms with van der Waals surface area (Å²) in [4.78, 5) is 23.6. The highest BCUT2D eigenvalue weighted by Gasteiger charge is 2.35. The summed E-state index contributed by atoms with van der Waals surface area (Å²) >= 11 is 2.24. The zero-order chi connectivity index (χ0) is 18.7. The molecule has 0 aromatic carbocycles. The summed E-state index contributed by atoms with van der Waals surface area (Å²) in [6, 6.07) is 0. The molecule has 1 aliphatic rings. The van der Waals surface area contributed by atoms with Gasteiger partial charge in [-0.05, 0) is 61.8 Å². The van der Waals surface area contributed by atoms with Crippen LogP contribution in [0.3, 0.4) is 0 Å². The van der Waals surface area contributed by atoms with Crippen LogP contribution in [-0.2, 0) is 19.1 Å². The lowest BCUT2D eigenvalue weighted by atomic mass is 9.96. The molecule has 0 amide bonds. The summed E-state index contributed by atoms with van der Waals surface area (Å²) in [6.45, 7) is 6.56. The monoisotopic (exact) mass is 464 g/mol. The lowest BCUT2D eigenvalue weighted by Gasteiger charge is -2.20. The Morgan fingerprint density at radius 3 is 2.56 bits per heavy atom. The number of esters is 1. The molecular formula is C20H33IO4. The molecule has 1 rings (SSSR count). The summed E-state index contributed by atoms with van der Waals surface area (Å²) in [5.41, 5.74) is 0. The number of ketones is 1. The van der Waals surface area contributed by atoms with Crippen LogP contribution in [0, 0.1) is 5.92 Å². The first kappa shape index (κ1) is 22.6. The molecule has 0 radical (unpaired) electrons. The molecule has 2 atom stereocenters. The van der Waals surface area contributed by atoms with Crippen LogP contribution >= 0.6 is 22.6 Å². The number of ether oxygens (including phenoxy) is 2. The van der Waals surface area contributed by atoms with E-state index in [1.54, 1.807) is 6.08 Å². The number of allylic oxidation sites excluding steroid dienone is 1. The molecule has 0 spiro atoms. The van der Waals surface area contributed by atoms with E-state index in [-0.39, 0.29) is 29.9 Å². The molecule has 4 nitrogen and oxygen atoms in total. The van der Waals surface area contributed by atoms with Crippen molar-refractivity contribution >= 4 is 34.3 Å². The van der Waals surface area contributed by atoms with E-state index in [1.807, 2.05) is 13.8 Å². The second-order valence-electron chi connectivity index (χ2n) is 7.03. The summed E-state index contributed by atoms with van der Waals surface area (Å²) in [5, 5.41) is 0. The first-order valence-corrected chi connectivity index (χ1v) is 10.8. The average molecular weight is 464 g/mol. The minimum absolute atomic E-state index is 0.00442. The highest BCUT2D eigenvalue weighted by atomic mass is 127. The van der Waals surface area contributed by atoms with E-state index in [4.69, 9.17) is 9.47 Å². The Bertz CT molecular complexity index is 445. The molecule has 5 heteroatoms. The highest BCUT2D eigenvalue weighted by molar-refractivity contribution is 14.1. The van der Waals surface area contributed by atoms with Crippen molar-refractivity contribution < 1.29 is 19.1 Å². The van der Waals surface area contributed by atoms with E-state index in [9.17, 15) is 9.59 Å². The fourth-order valence-corrected chi connectivity index (χ4v) is 3.95. The third-order valence-electron chi connectivity index (χ3n) is 4.34. The molecule has 0 bridgehead atoms. The topological polar surface area (TPSA) is 52.6 Å². The predicted octanol–water partition coefficient (Wildman–Crippen LogP) is 5.37. The van der Waals surface area contributed by atoms with Crippen LogP contribution in [0.1, 0.15) is 78.6 Å². The maximum atomic E-state index is 12.1. The SMILES string of the molecule is CCCCCC[C@H]1C(=O)C=C(I)[C@H]1OCCCCCC(=O)OC(C)C. The number of unbranched alkanes of at least 4 members (excludes halogenated alkanes) is 5. The van der Waals surface area contributed by atoms with E-state index < -0.39 is 0 Å². The summed E-state index contributed by atoms with van der Waals surface area (Å²) in [7, 11) is 0. The third-order valence-corrected chi connectivity index (χ3v) is 5.27. The van der Waals surface area contributed by atoms with Crippen molar-refractivity contribution in [2.24, 2.45) is 5.92 Å². The van der Waals surface area contributed by atoms with Crippen LogP contribution < -0.4 is 0 Å². The second-order valence-corrected chi connectivity index (χ2v) is 8.27. The van der Waals surface area contributed by atoms with E-state index in [0.29, 0.717) is 13.0 Å². The molecule has 0 unspecified atom stereocenters. The molecule has 0 aliphatic heterocycles. The Morgan fingerprint density at radius 2 is 1.88 bits per heavy atom. The van der Waals surface area contributed by atoms with Gasteiger partial charge in [0.05, 0.1) is 18.1 Å². The predicted molar refractivity (Wildman–Crippen MR) is 109 cm³/mol. The molecule has 0 heterocycles. The normalized spacial score (nSPS) is 20.2.